The summed E-state index contributed by atoms with van der Waals surface area (Å²) in [6.07, 6.45) is 6.07. The fourth-order valence-electron chi connectivity index (χ4n) is 3.11. The Hall–Kier alpha value is -2.66. The van der Waals surface area contributed by atoms with E-state index in [2.05, 4.69) is 56.5 Å². The lowest BCUT2D eigenvalue weighted by Gasteiger charge is -2.34. The van der Waals surface area contributed by atoms with E-state index in [0.717, 1.165) is 38.5 Å². The van der Waals surface area contributed by atoms with Gasteiger partial charge >= 0.3 is 0 Å². The highest BCUT2D eigenvalue weighted by atomic mass is 16.1. The predicted octanol–water partition coefficient (Wildman–Crippen LogP) is 3.06. The number of benzene rings is 1. The first-order valence-electron chi connectivity index (χ1n) is 9.57. The summed E-state index contributed by atoms with van der Waals surface area (Å²) < 4.78 is 0. The standard InChI is InChI=1S/C22H28N4O/c1-18(2)24-22(27)20-10-11-21(23-17-20)26-15-13-25(14-16-26)12-6-9-19-7-4-3-5-8-19/h3-11,17-18H,12-16H2,1-2H3,(H,24,27)/b9-6+. The molecule has 142 valence electrons. The molecule has 1 aromatic heterocycles. The van der Waals surface area contributed by atoms with Crippen molar-refractivity contribution in [2.75, 3.05) is 37.6 Å². The van der Waals surface area contributed by atoms with Crippen LogP contribution in [0.4, 0.5) is 5.82 Å². The lowest BCUT2D eigenvalue weighted by molar-refractivity contribution is 0.0943. The van der Waals surface area contributed by atoms with Gasteiger partial charge in [0.15, 0.2) is 0 Å². The van der Waals surface area contributed by atoms with Gasteiger partial charge in [-0.3, -0.25) is 9.69 Å². The van der Waals surface area contributed by atoms with Gasteiger partial charge in [-0.05, 0) is 31.5 Å². The molecule has 0 bridgehead atoms. The second kappa shape index (κ2) is 9.33. The topological polar surface area (TPSA) is 48.5 Å². The molecule has 1 aromatic carbocycles. The van der Waals surface area contributed by atoms with Gasteiger partial charge in [0.05, 0.1) is 5.56 Å². The van der Waals surface area contributed by atoms with Gasteiger partial charge in [0, 0.05) is 45.0 Å². The Morgan fingerprint density at radius 2 is 1.85 bits per heavy atom. The summed E-state index contributed by atoms with van der Waals surface area (Å²) in [5.41, 5.74) is 1.85. The van der Waals surface area contributed by atoms with Gasteiger partial charge in [0.25, 0.3) is 5.91 Å². The molecule has 0 unspecified atom stereocenters. The minimum absolute atomic E-state index is 0.0703. The third-order valence-electron chi connectivity index (χ3n) is 4.60. The smallest absolute Gasteiger partial charge is 0.253 e. The molecule has 1 aliphatic heterocycles. The van der Waals surface area contributed by atoms with Crippen LogP contribution in [0.1, 0.15) is 29.8 Å². The number of nitrogens with zero attached hydrogens (tertiary/aromatic N) is 3. The third kappa shape index (κ3) is 5.66. The van der Waals surface area contributed by atoms with Crippen LogP contribution < -0.4 is 10.2 Å². The molecular weight excluding hydrogens is 336 g/mol. The van der Waals surface area contributed by atoms with Gasteiger partial charge in [0.2, 0.25) is 0 Å². The number of pyridine rings is 1. The normalized spacial score (nSPS) is 15.4. The Bertz CT molecular complexity index is 748. The number of rotatable bonds is 6. The molecule has 1 aliphatic rings. The van der Waals surface area contributed by atoms with Crippen LogP contribution in [-0.2, 0) is 0 Å². The van der Waals surface area contributed by atoms with Crippen LogP contribution in [0.15, 0.2) is 54.7 Å². The molecule has 3 rings (SSSR count). The summed E-state index contributed by atoms with van der Waals surface area (Å²) in [5, 5.41) is 2.89. The van der Waals surface area contributed by atoms with Crippen molar-refractivity contribution in [3.63, 3.8) is 0 Å². The molecule has 0 saturated carbocycles. The van der Waals surface area contributed by atoms with E-state index in [4.69, 9.17) is 0 Å². The highest BCUT2D eigenvalue weighted by Crippen LogP contribution is 2.14. The van der Waals surface area contributed by atoms with Gasteiger partial charge in [-0.2, -0.15) is 0 Å². The molecule has 1 fully saturated rings. The maximum Gasteiger partial charge on any atom is 0.253 e. The first kappa shape index (κ1) is 19.1. The molecule has 2 heterocycles. The molecular formula is C22H28N4O. The van der Waals surface area contributed by atoms with Crippen LogP contribution in [0.5, 0.6) is 0 Å². The number of hydrogen-bond donors (Lipinski definition) is 1. The van der Waals surface area contributed by atoms with Crippen LogP contribution in [0.2, 0.25) is 0 Å². The van der Waals surface area contributed by atoms with Gasteiger partial charge in [0.1, 0.15) is 5.82 Å². The summed E-state index contributed by atoms with van der Waals surface area (Å²) >= 11 is 0. The quantitative estimate of drug-likeness (QED) is 0.856. The second-order valence-corrected chi connectivity index (χ2v) is 7.13. The molecule has 1 amide bonds. The van der Waals surface area contributed by atoms with Crippen molar-refractivity contribution in [1.82, 2.24) is 15.2 Å². The molecule has 1 saturated heterocycles. The molecule has 0 spiro atoms. The summed E-state index contributed by atoms with van der Waals surface area (Å²) in [6.45, 7) is 8.78. The Morgan fingerprint density at radius 1 is 1.11 bits per heavy atom. The molecule has 1 N–H and O–H groups in total. The van der Waals surface area contributed by atoms with E-state index in [-0.39, 0.29) is 11.9 Å². The van der Waals surface area contributed by atoms with E-state index < -0.39 is 0 Å². The average molecular weight is 364 g/mol. The van der Waals surface area contributed by atoms with Crippen molar-refractivity contribution < 1.29 is 4.79 Å². The number of hydrogen-bond acceptors (Lipinski definition) is 4. The second-order valence-electron chi connectivity index (χ2n) is 7.13. The molecule has 0 radical (unpaired) electrons. The molecule has 0 aliphatic carbocycles. The summed E-state index contributed by atoms with van der Waals surface area (Å²) in [7, 11) is 0. The van der Waals surface area contributed by atoms with E-state index in [9.17, 15) is 4.79 Å². The van der Waals surface area contributed by atoms with E-state index in [1.165, 1.54) is 5.56 Å². The van der Waals surface area contributed by atoms with Gasteiger partial charge in [-0.25, -0.2) is 4.98 Å². The number of anilines is 1. The Balaban J connectivity index is 1.47. The number of carbonyl (C=O) groups is 1. The fraction of sp³-hybridized carbons (Fsp3) is 0.364. The van der Waals surface area contributed by atoms with Gasteiger partial charge in [-0.15, -0.1) is 0 Å². The summed E-state index contributed by atoms with van der Waals surface area (Å²) in [4.78, 5) is 21.2. The monoisotopic (exact) mass is 364 g/mol. The molecule has 5 heteroatoms. The van der Waals surface area contributed by atoms with Crippen LogP contribution in [0.25, 0.3) is 6.08 Å². The predicted molar refractivity (Wildman–Crippen MR) is 111 cm³/mol. The lowest BCUT2D eigenvalue weighted by Crippen LogP contribution is -2.46. The lowest BCUT2D eigenvalue weighted by atomic mass is 10.2. The number of carbonyl (C=O) groups excluding carboxylic acids is 1. The minimum atomic E-state index is -0.0703. The van der Waals surface area contributed by atoms with Gasteiger partial charge in [-0.1, -0.05) is 42.5 Å². The van der Waals surface area contributed by atoms with Crippen LogP contribution in [0, 0.1) is 0 Å². The molecule has 27 heavy (non-hydrogen) atoms. The first-order valence-corrected chi connectivity index (χ1v) is 9.57. The van der Waals surface area contributed by atoms with Crippen molar-refractivity contribution >= 4 is 17.8 Å². The Kier molecular flexibility index (Phi) is 6.60. The zero-order chi connectivity index (χ0) is 19.1. The van der Waals surface area contributed by atoms with E-state index in [1.54, 1.807) is 6.20 Å². The third-order valence-corrected chi connectivity index (χ3v) is 4.60. The van der Waals surface area contributed by atoms with Crippen molar-refractivity contribution in [3.05, 3.63) is 65.9 Å². The summed E-state index contributed by atoms with van der Waals surface area (Å²) in [5.74, 6) is 0.870. The maximum atomic E-state index is 12.0. The van der Waals surface area contributed by atoms with Crippen molar-refractivity contribution in [2.45, 2.75) is 19.9 Å². The van der Waals surface area contributed by atoms with Gasteiger partial charge < -0.3 is 10.2 Å². The molecule has 5 nitrogen and oxygen atoms in total. The average Bonchev–Trinajstić information content (AvgIpc) is 2.69. The highest BCUT2D eigenvalue weighted by molar-refractivity contribution is 5.94. The van der Waals surface area contributed by atoms with Crippen LogP contribution in [0.3, 0.4) is 0 Å². The zero-order valence-electron chi connectivity index (χ0n) is 16.1. The minimum Gasteiger partial charge on any atom is -0.354 e. The Morgan fingerprint density at radius 3 is 2.48 bits per heavy atom. The number of piperazine rings is 1. The number of nitrogens with one attached hydrogen (secondary N) is 1. The van der Waals surface area contributed by atoms with E-state index in [0.29, 0.717) is 5.56 Å². The highest BCUT2D eigenvalue weighted by Gasteiger charge is 2.17. The first-order chi connectivity index (χ1) is 13.1. The number of aromatic nitrogens is 1. The maximum absolute atomic E-state index is 12.0. The molecule has 2 aromatic rings. The van der Waals surface area contributed by atoms with E-state index in [1.807, 2.05) is 32.0 Å². The molecule has 0 atom stereocenters. The van der Waals surface area contributed by atoms with E-state index >= 15 is 0 Å². The van der Waals surface area contributed by atoms with Crippen LogP contribution >= 0.6 is 0 Å². The van der Waals surface area contributed by atoms with Crippen LogP contribution in [-0.4, -0.2) is 54.6 Å². The summed E-state index contributed by atoms with van der Waals surface area (Å²) in [6, 6.07) is 14.3. The van der Waals surface area contributed by atoms with Crippen molar-refractivity contribution in [1.29, 1.82) is 0 Å². The SMILES string of the molecule is CC(C)NC(=O)c1ccc(N2CCN(C/C=C/c3ccccc3)CC2)nc1. The zero-order valence-corrected chi connectivity index (χ0v) is 16.1. The largest absolute Gasteiger partial charge is 0.354 e. The fourth-order valence-corrected chi connectivity index (χ4v) is 3.11. The Labute approximate surface area is 161 Å². The van der Waals surface area contributed by atoms with Crippen molar-refractivity contribution in [3.8, 4) is 0 Å². The number of amides is 1. The van der Waals surface area contributed by atoms with Crippen molar-refractivity contribution in [2.24, 2.45) is 0 Å².